The molecule has 0 saturated heterocycles. The summed E-state index contributed by atoms with van der Waals surface area (Å²) in [6.45, 7) is 4.34. The molecule has 0 spiro atoms. The van der Waals surface area contributed by atoms with Crippen molar-refractivity contribution in [1.82, 2.24) is 0 Å². The van der Waals surface area contributed by atoms with Crippen molar-refractivity contribution >= 4 is 19.8 Å². The number of nitrogens with zero attached hydrogens (tertiary/aromatic N) is 1. The maximum Gasteiger partial charge on any atom is 0.306 e. The van der Waals surface area contributed by atoms with Crippen LogP contribution < -0.4 is 4.89 Å². The van der Waals surface area contributed by atoms with E-state index in [9.17, 15) is 19.0 Å². The van der Waals surface area contributed by atoms with E-state index in [1.165, 1.54) is 411 Å². The first-order valence-corrected chi connectivity index (χ1v) is 45.5. The van der Waals surface area contributed by atoms with E-state index in [0.29, 0.717) is 17.4 Å². The second-order valence-corrected chi connectivity index (χ2v) is 33.0. The van der Waals surface area contributed by atoms with Crippen molar-refractivity contribution in [3.05, 3.63) is 24.3 Å². The molecular formula is C88H172NO8P. The van der Waals surface area contributed by atoms with E-state index in [0.717, 1.165) is 32.1 Å². The number of rotatable bonds is 84. The summed E-state index contributed by atoms with van der Waals surface area (Å²) in [7, 11) is 1.20. The van der Waals surface area contributed by atoms with Gasteiger partial charge in [-0.25, -0.2) is 0 Å². The minimum absolute atomic E-state index is 0.0260. The van der Waals surface area contributed by atoms with Crippen molar-refractivity contribution in [2.45, 2.75) is 482 Å². The molecule has 9 nitrogen and oxygen atoms in total. The highest BCUT2D eigenvalue weighted by molar-refractivity contribution is 7.45. The summed E-state index contributed by atoms with van der Waals surface area (Å²) in [4.78, 5) is 38.2. The SMILES string of the molecule is CCCCCCCCCC/C=C\CCCCCCCCCCCCCCCCCCCCCCCCCCCCCCCC(=O)OC(COC(=O)CCCCCCCCCCCCCCCCCCCCCCC/C=C\CCCCCCCCCC)COP(=O)([O-])OCC[N+](C)(C)C. The molecule has 0 radical (unpaired) electrons. The highest BCUT2D eigenvalue weighted by Crippen LogP contribution is 2.38. The number of phosphoric acid groups is 1. The molecule has 0 heterocycles. The van der Waals surface area contributed by atoms with Crippen LogP contribution in [0.3, 0.4) is 0 Å². The lowest BCUT2D eigenvalue weighted by atomic mass is 10.0. The zero-order chi connectivity index (χ0) is 71.1. The number of carbonyl (C=O) groups excluding carboxylic acids is 2. The van der Waals surface area contributed by atoms with E-state index >= 15 is 0 Å². The molecule has 0 aromatic heterocycles. The van der Waals surface area contributed by atoms with Gasteiger partial charge in [-0.3, -0.25) is 14.2 Å². The quantitative estimate of drug-likeness (QED) is 0.0195. The lowest BCUT2D eigenvalue weighted by Gasteiger charge is -2.28. The average molecular weight is 1400 g/mol. The predicted octanol–water partition coefficient (Wildman–Crippen LogP) is 28.9. The molecular weight excluding hydrogens is 1230 g/mol. The highest BCUT2D eigenvalue weighted by atomic mass is 31.2. The summed E-state index contributed by atoms with van der Waals surface area (Å²) >= 11 is 0. The largest absolute Gasteiger partial charge is 0.756 e. The van der Waals surface area contributed by atoms with E-state index in [1.54, 1.807) is 0 Å². The Balaban J connectivity index is 3.84. The molecule has 582 valence electrons. The van der Waals surface area contributed by atoms with Crippen LogP contribution in [0.4, 0.5) is 0 Å². The van der Waals surface area contributed by atoms with E-state index in [4.69, 9.17) is 18.5 Å². The van der Waals surface area contributed by atoms with Gasteiger partial charge in [-0.15, -0.1) is 0 Å². The maximum absolute atomic E-state index is 12.9. The van der Waals surface area contributed by atoms with Crippen LogP contribution in [0, 0.1) is 0 Å². The van der Waals surface area contributed by atoms with Crippen LogP contribution in [0.1, 0.15) is 476 Å². The molecule has 98 heavy (non-hydrogen) atoms. The molecule has 10 heteroatoms. The van der Waals surface area contributed by atoms with E-state index in [-0.39, 0.29) is 32.0 Å². The molecule has 0 N–H and O–H groups in total. The van der Waals surface area contributed by atoms with Crippen molar-refractivity contribution in [3.63, 3.8) is 0 Å². The third-order valence-electron chi connectivity index (χ3n) is 20.4. The first kappa shape index (κ1) is 96.5. The van der Waals surface area contributed by atoms with Gasteiger partial charge in [0.15, 0.2) is 6.10 Å². The van der Waals surface area contributed by atoms with Crippen molar-refractivity contribution in [3.8, 4) is 0 Å². The van der Waals surface area contributed by atoms with Gasteiger partial charge in [0.05, 0.1) is 27.7 Å². The molecule has 2 unspecified atom stereocenters. The molecule has 0 amide bonds. The number of quaternary nitrogens is 1. The maximum atomic E-state index is 12.9. The molecule has 0 fully saturated rings. The fraction of sp³-hybridized carbons (Fsp3) is 0.932. The van der Waals surface area contributed by atoms with Crippen molar-refractivity contribution in [2.24, 2.45) is 0 Å². The number of esters is 2. The Morgan fingerprint density at radius 2 is 0.520 bits per heavy atom. The number of hydrogen-bond acceptors (Lipinski definition) is 8. The fourth-order valence-corrected chi connectivity index (χ4v) is 14.4. The van der Waals surface area contributed by atoms with Crippen LogP contribution in [0.2, 0.25) is 0 Å². The molecule has 2 atom stereocenters. The van der Waals surface area contributed by atoms with Crippen molar-refractivity contribution in [2.75, 3.05) is 47.5 Å². The Kier molecular flexibility index (Phi) is 78.4. The van der Waals surface area contributed by atoms with Crippen LogP contribution in [0.25, 0.3) is 0 Å². The summed E-state index contributed by atoms with van der Waals surface area (Å²) in [5, 5.41) is 0. The van der Waals surface area contributed by atoms with Gasteiger partial charge in [-0.1, -0.05) is 423 Å². The number of carbonyl (C=O) groups is 2. The lowest BCUT2D eigenvalue weighted by molar-refractivity contribution is -0.870. The molecule has 0 saturated carbocycles. The second kappa shape index (κ2) is 79.6. The highest BCUT2D eigenvalue weighted by Gasteiger charge is 2.22. The van der Waals surface area contributed by atoms with Crippen molar-refractivity contribution < 1.29 is 42.1 Å². The molecule has 0 aliphatic rings. The molecule has 0 aromatic carbocycles. The first-order valence-electron chi connectivity index (χ1n) is 44.0. The summed E-state index contributed by atoms with van der Waals surface area (Å²) < 4.78 is 34.5. The number of phosphoric ester groups is 1. The minimum atomic E-state index is -4.64. The molecule has 0 aromatic rings. The normalized spacial score (nSPS) is 13.0. The second-order valence-electron chi connectivity index (χ2n) is 31.6. The van der Waals surface area contributed by atoms with Gasteiger partial charge < -0.3 is 27.9 Å². The molecule has 0 rings (SSSR count). The van der Waals surface area contributed by atoms with Crippen molar-refractivity contribution in [1.29, 1.82) is 0 Å². The lowest BCUT2D eigenvalue weighted by Crippen LogP contribution is -2.37. The van der Waals surface area contributed by atoms with Crippen LogP contribution in [-0.2, 0) is 32.7 Å². The first-order chi connectivity index (χ1) is 48.0. The zero-order valence-electron chi connectivity index (χ0n) is 66.8. The van der Waals surface area contributed by atoms with Crippen LogP contribution >= 0.6 is 7.82 Å². The number of ether oxygens (including phenoxy) is 2. The van der Waals surface area contributed by atoms with Gasteiger partial charge in [0.25, 0.3) is 7.82 Å². The van der Waals surface area contributed by atoms with Gasteiger partial charge in [-0.2, -0.15) is 0 Å². The summed E-state index contributed by atoms with van der Waals surface area (Å²) in [5.41, 5.74) is 0. The van der Waals surface area contributed by atoms with Gasteiger partial charge in [-0.05, 0) is 64.2 Å². The van der Waals surface area contributed by atoms with Gasteiger partial charge in [0.1, 0.15) is 19.8 Å². The number of unbranched alkanes of at least 4 members (excludes halogenated alkanes) is 66. The topological polar surface area (TPSA) is 111 Å². The Morgan fingerprint density at radius 1 is 0.306 bits per heavy atom. The standard InChI is InChI=1S/C88H172NO8P/c1-6-8-10-12-14-16-18-20-22-24-26-28-30-32-34-36-38-40-41-42-43-44-45-46-47-49-51-53-55-57-59-61-63-65-67-69-71-73-75-77-79-81-88(91)97-86(85-96-98(92,93)95-83-82-89(3,4)5)84-94-87(90)80-78-76-74-72-70-68-66-64-62-60-58-56-54-52-50-48-39-37-35-33-31-29-27-25-23-21-19-17-15-13-11-9-7-2/h24-27,86H,6-23,28-85H2,1-5H3/b26-24-,27-25-. The Morgan fingerprint density at radius 3 is 0.755 bits per heavy atom. The molecule has 0 aliphatic heterocycles. The summed E-state index contributed by atoms with van der Waals surface area (Å²) in [5.74, 6) is -0.802. The smallest absolute Gasteiger partial charge is 0.306 e. The Bertz CT molecular complexity index is 1700. The molecule has 0 bridgehead atoms. The van der Waals surface area contributed by atoms with E-state index in [1.807, 2.05) is 21.1 Å². The number of likely N-dealkylation sites (N-methyl/N-ethyl adjacent to an activating group) is 1. The third kappa shape index (κ3) is 83.4. The number of hydrogen-bond donors (Lipinski definition) is 0. The zero-order valence-corrected chi connectivity index (χ0v) is 67.7. The van der Waals surface area contributed by atoms with Gasteiger partial charge >= 0.3 is 11.9 Å². The Hall–Kier alpha value is -1.51. The van der Waals surface area contributed by atoms with Gasteiger partial charge in [0, 0.05) is 12.8 Å². The van der Waals surface area contributed by atoms with E-state index < -0.39 is 26.5 Å². The van der Waals surface area contributed by atoms with Crippen LogP contribution in [0.15, 0.2) is 24.3 Å². The third-order valence-corrected chi connectivity index (χ3v) is 21.4. The molecule has 0 aliphatic carbocycles. The summed E-state index contributed by atoms with van der Waals surface area (Å²) in [6.07, 6.45) is 104. The minimum Gasteiger partial charge on any atom is -0.756 e. The predicted molar refractivity (Wildman–Crippen MR) is 425 cm³/mol. The van der Waals surface area contributed by atoms with E-state index in [2.05, 4.69) is 38.2 Å². The van der Waals surface area contributed by atoms with Crippen LogP contribution in [0.5, 0.6) is 0 Å². The Labute approximate surface area is 612 Å². The van der Waals surface area contributed by atoms with Crippen LogP contribution in [-0.4, -0.2) is 70.0 Å². The fourth-order valence-electron chi connectivity index (χ4n) is 13.7. The average Bonchev–Trinajstić information content (AvgIpc) is 1.08. The summed E-state index contributed by atoms with van der Waals surface area (Å²) in [6, 6.07) is 0. The van der Waals surface area contributed by atoms with Gasteiger partial charge in [0.2, 0.25) is 0 Å². The monoisotopic (exact) mass is 1400 g/mol. The number of allylic oxidation sites excluding steroid dienone is 4.